The van der Waals surface area contributed by atoms with Crippen LogP contribution in [0.2, 0.25) is 16.6 Å². The summed E-state index contributed by atoms with van der Waals surface area (Å²) >= 11 is 0. The van der Waals surface area contributed by atoms with E-state index in [2.05, 4.69) is 41.5 Å². The summed E-state index contributed by atoms with van der Waals surface area (Å²) in [6, 6.07) is 0. The molecule has 0 N–H and O–H groups in total. The largest absolute Gasteiger partial charge is 0.462 e. The number of rotatable bonds is 5. The Morgan fingerprint density at radius 3 is 1.95 bits per heavy atom. The summed E-state index contributed by atoms with van der Waals surface area (Å²) in [7, 11) is -1.84. The summed E-state index contributed by atoms with van der Waals surface area (Å²) in [5, 5.41) is 0. The fourth-order valence-electron chi connectivity index (χ4n) is 5.08. The second-order valence-corrected chi connectivity index (χ2v) is 14.2. The van der Waals surface area contributed by atoms with Gasteiger partial charge in [-0.3, -0.25) is 4.79 Å². The Kier molecular flexibility index (Phi) is 4.85. The summed E-state index contributed by atoms with van der Waals surface area (Å²) < 4.78 is 12.5. The average Bonchev–Trinajstić information content (AvgIpc) is 2.85. The van der Waals surface area contributed by atoms with E-state index < -0.39 is 8.32 Å². The molecule has 22 heavy (non-hydrogen) atoms. The molecule has 0 bridgehead atoms. The van der Waals surface area contributed by atoms with Crippen LogP contribution in [0.4, 0.5) is 0 Å². The summed E-state index contributed by atoms with van der Waals surface area (Å²) in [6.45, 7) is 18.0. The molecule has 2 fully saturated rings. The van der Waals surface area contributed by atoms with E-state index in [1.807, 2.05) is 13.8 Å². The van der Waals surface area contributed by atoms with Crippen molar-refractivity contribution in [3.8, 4) is 0 Å². The first-order valence-corrected chi connectivity index (χ1v) is 11.1. The maximum atomic E-state index is 12.0. The number of hydrogen-bond donors (Lipinski definition) is 0. The fraction of sp³-hybridized carbons (Fsp3) is 0.944. The number of esters is 1. The Hall–Kier alpha value is -0.353. The van der Waals surface area contributed by atoms with Crippen molar-refractivity contribution in [2.45, 2.75) is 97.1 Å². The molecule has 0 radical (unpaired) electrons. The SMILES string of the molecule is CC(C)[Si](O[C@H]1C[C@H]2OC(=O)C(C)(C)[C@H]2C1)(C(C)C)C(C)C. The number of carbonyl (C=O) groups excluding carboxylic acids is 1. The van der Waals surface area contributed by atoms with Crippen molar-refractivity contribution in [2.24, 2.45) is 11.3 Å². The fourth-order valence-corrected chi connectivity index (χ4v) is 10.7. The normalized spacial score (nSPS) is 31.2. The lowest BCUT2D eigenvalue weighted by molar-refractivity contribution is -0.148. The van der Waals surface area contributed by atoms with E-state index in [1.165, 1.54) is 0 Å². The molecule has 2 rings (SSSR count). The first-order chi connectivity index (χ1) is 10.0. The maximum absolute atomic E-state index is 12.0. The molecule has 1 saturated heterocycles. The number of hydrogen-bond acceptors (Lipinski definition) is 3. The zero-order valence-electron chi connectivity index (χ0n) is 15.6. The van der Waals surface area contributed by atoms with Crippen molar-refractivity contribution >= 4 is 14.3 Å². The van der Waals surface area contributed by atoms with E-state index in [0.717, 1.165) is 12.8 Å². The monoisotopic (exact) mass is 326 g/mol. The van der Waals surface area contributed by atoms with Crippen LogP contribution in [0, 0.1) is 11.3 Å². The van der Waals surface area contributed by atoms with Crippen molar-refractivity contribution in [1.29, 1.82) is 0 Å². The minimum atomic E-state index is -1.84. The van der Waals surface area contributed by atoms with Gasteiger partial charge in [0.05, 0.1) is 5.41 Å². The third-order valence-corrected chi connectivity index (χ3v) is 12.4. The Balaban J connectivity index is 2.16. The molecule has 1 saturated carbocycles. The first-order valence-electron chi connectivity index (χ1n) is 8.92. The standard InChI is InChI=1S/C18H34O3Si/c1-11(2)22(12(3)4,13(5)6)21-14-9-15-16(10-14)20-17(19)18(15,7)8/h11-16H,9-10H2,1-8H3/t14-,15+,16-/m1/s1. The van der Waals surface area contributed by atoms with E-state index in [-0.39, 0.29) is 23.6 Å². The lowest BCUT2D eigenvalue weighted by Gasteiger charge is -2.44. The van der Waals surface area contributed by atoms with Gasteiger partial charge in [0.2, 0.25) is 8.32 Å². The second-order valence-electron chi connectivity index (χ2n) is 8.80. The molecule has 1 heterocycles. The quantitative estimate of drug-likeness (QED) is 0.532. The zero-order valence-corrected chi connectivity index (χ0v) is 16.6. The van der Waals surface area contributed by atoms with Gasteiger partial charge in [0.15, 0.2) is 0 Å². The van der Waals surface area contributed by atoms with Gasteiger partial charge in [0.1, 0.15) is 6.10 Å². The lowest BCUT2D eigenvalue weighted by Crippen LogP contribution is -2.50. The Morgan fingerprint density at radius 2 is 1.55 bits per heavy atom. The van der Waals surface area contributed by atoms with Crippen LogP contribution >= 0.6 is 0 Å². The molecule has 4 heteroatoms. The molecular weight excluding hydrogens is 292 g/mol. The second kappa shape index (κ2) is 5.93. The molecule has 0 amide bonds. The van der Waals surface area contributed by atoms with Crippen molar-refractivity contribution < 1.29 is 14.0 Å². The Morgan fingerprint density at radius 1 is 1.05 bits per heavy atom. The van der Waals surface area contributed by atoms with E-state index in [9.17, 15) is 4.79 Å². The van der Waals surface area contributed by atoms with Gasteiger partial charge < -0.3 is 9.16 Å². The van der Waals surface area contributed by atoms with E-state index in [0.29, 0.717) is 22.5 Å². The van der Waals surface area contributed by atoms with Crippen molar-refractivity contribution in [3.05, 3.63) is 0 Å². The molecule has 1 aliphatic heterocycles. The van der Waals surface area contributed by atoms with Gasteiger partial charge in [0, 0.05) is 18.4 Å². The van der Waals surface area contributed by atoms with E-state index >= 15 is 0 Å². The summed E-state index contributed by atoms with van der Waals surface area (Å²) in [4.78, 5) is 12.0. The number of fused-ring (bicyclic) bond motifs is 1. The van der Waals surface area contributed by atoms with Gasteiger partial charge >= 0.3 is 5.97 Å². The van der Waals surface area contributed by atoms with E-state index in [1.54, 1.807) is 0 Å². The van der Waals surface area contributed by atoms with Crippen molar-refractivity contribution in [1.82, 2.24) is 0 Å². The van der Waals surface area contributed by atoms with Gasteiger partial charge in [-0.15, -0.1) is 0 Å². The van der Waals surface area contributed by atoms with Crippen LogP contribution < -0.4 is 0 Å². The zero-order chi connectivity index (χ0) is 16.9. The maximum Gasteiger partial charge on any atom is 0.312 e. The van der Waals surface area contributed by atoms with Crippen LogP contribution in [-0.2, 0) is 14.0 Å². The van der Waals surface area contributed by atoms with E-state index in [4.69, 9.17) is 9.16 Å². The Labute approximate surface area is 137 Å². The van der Waals surface area contributed by atoms with Gasteiger partial charge in [-0.1, -0.05) is 41.5 Å². The highest BCUT2D eigenvalue weighted by Crippen LogP contribution is 2.51. The van der Waals surface area contributed by atoms with Crippen LogP contribution in [0.15, 0.2) is 0 Å². The highest BCUT2D eigenvalue weighted by atomic mass is 28.4. The summed E-state index contributed by atoms with van der Waals surface area (Å²) in [6.07, 6.45) is 2.21. The average molecular weight is 327 g/mol. The lowest BCUT2D eigenvalue weighted by atomic mass is 9.79. The van der Waals surface area contributed by atoms with Crippen LogP contribution in [0.1, 0.15) is 68.2 Å². The van der Waals surface area contributed by atoms with Crippen LogP contribution in [-0.4, -0.2) is 26.5 Å². The smallest absolute Gasteiger partial charge is 0.312 e. The molecule has 0 aromatic heterocycles. The van der Waals surface area contributed by atoms with Crippen molar-refractivity contribution in [2.75, 3.05) is 0 Å². The third-order valence-electron chi connectivity index (χ3n) is 6.25. The summed E-state index contributed by atoms with van der Waals surface area (Å²) in [5.74, 6) is 0.296. The van der Waals surface area contributed by atoms with Gasteiger partial charge in [0.25, 0.3) is 0 Å². The molecular formula is C18H34O3Si. The molecule has 3 nitrogen and oxygen atoms in total. The number of carbonyl (C=O) groups is 1. The minimum Gasteiger partial charge on any atom is -0.462 e. The van der Waals surface area contributed by atoms with Crippen LogP contribution in [0.3, 0.4) is 0 Å². The molecule has 128 valence electrons. The topological polar surface area (TPSA) is 35.5 Å². The summed E-state index contributed by atoms with van der Waals surface area (Å²) in [5.41, 5.74) is 1.45. The minimum absolute atomic E-state index is 0.0268. The van der Waals surface area contributed by atoms with Gasteiger partial charge in [-0.05, 0) is 36.9 Å². The third kappa shape index (κ3) is 2.66. The van der Waals surface area contributed by atoms with Crippen LogP contribution in [0.25, 0.3) is 0 Å². The van der Waals surface area contributed by atoms with Gasteiger partial charge in [-0.25, -0.2) is 0 Å². The molecule has 2 aliphatic rings. The van der Waals surface area contributed by atoms with Gasteiger partial charge in [-0.2, -0.15) is 0 Å². The molecule has 1 aliphatic carbocycles. The Bertz CT molecular complexity index is 406. The first kappa shape index (κ1) is 18.0. The molecule has 0 aromatic carbocycles. The predicted octanol–water partition coefficient (Wildman–Crippen LogP) is 4.91. The predicted molar refractivity (Wildman–Crippen MR) is 92.3 cm³/mol. The molecule has 0 aromatic rings. The van der Waals surface area contributed by atoms with Crippen molar-refractivity contribution in [3.63, 3.8) is 0 Å². The molecule has 3 atom stereocenters. The number of ether oxygens (including phenoxy) is 1. The molecule has 0 unspecified atom stereocenters. The van der Waals surface area contributed by atoms with Crippen LogP contribution in [0.5, 0.6) is 0 Å². The highest BCUT2D eigenvalue weighted by molar-refractivity contribution is 6.77. The molecule has 0 spiro atoms. The highest BCUT2D eigenvalue weighted by Gasteiger charge is 2.57.